The number of rotatable bonds is 1. The van der Waals surface area contributed by atoms with E-state index in [1.54, 1.807) is 0 Å². The van der Waals surface area contributed by atoms with Gasteiger partial charge >= 0.3 is 0 Å². The maximum atomic E-state index is 12.8. The Morgan fingerprint density at radius 2 is 1.63 bits per heavy atom. The van der Waals surface area contributed by atoms with Crippen LogP contribution in [0.2, 0.25) is 0 Å². The monoisotopic (exact) mass is 284 g/mol. The minimum absolute atomic E-state index is 0. The Hall–Kier alpha value is -0.280. The van der Waals surface area contributed by atoms with Crippen molar-refractivity contribution in [3.63, 3.8) is 0 Å². The van der Waals surface area contributed by atoms with Crippen LogP contribution in [0, 0.1) is 17.8 Å². The van der Waals surface area contributed by atoms with E-state index >= 15 is 0 Å². The second-order valence-electron chi connectivity index (χ2n) is 6.76. The minimum Gasteiger partial charge on any atom is -0.335 e. The van der Waals surface area contributed by atoms with Gasteiger partial charge in [-0.25, -0.2) is 0 Å². The summed E-state index contributed by atoms with van der Waals surface area (Å²) in [5, 5.41) is 3.49. The molecule has 4 unspecified atom stereocenters. The van der Waals surface area contributed by atoms with E-state index in [4.69, 9.17) is 0 Å². The molecule has 2 saturated carbocycles. The molecule has 2 bridgehead atoms. The second kappa shape index (κ2) is 5.25. The molecule has 2 saturated heterocycles. The van der Waals surface area contributed by atoms with Gasteiger partial charge in [0.2, 0.25) is 5.91 Å². The highest BCUT2D eigenvalue weighted by molar-refractivity contribution is 5.85. The third kappa shape index (κ3) is 2.19. The average molecular weight is 285 g/mol. The van der Waals surface area contributed by atoms with Crippen molar-refractivity contribution in [2.45, 2.75) is 57.0 Å². The lowest BCUT2D eigenvalue weighted by Gasteiger charge is -2.28. The molecular formula is C15H25ClN2O. The number of fused-ring (bicyclic) bond motifs is 3. The molecule has 4 rings (SSSR count). The number of carbonyl (C=O) groups is 1. The zero-order valence-corrected chi connectivity index (χ0v) is 12.3. The summed E-state index contributed by atoms with van der Waals surface area (Å²) in [5.74, 6) is 2.49. The molecule has 2 heterocycles. The lowest BCUT2D eigenvalue weighted by molar-refractivity contribution is -0.135. The Morgan fingerprint density at radius 3 is 2.37 bits per heavy atom. The van der Waals surface area contributed by atoms with E-state index in [9.17, 15) is 4.79 Å². The first-order valence-electron chi connectivity index (χ1n) is 7.89. The van der Waals surface area contributed by atoms with Gasteiger partial charge in [0, 0.05) is 24.5 Å². The van der Waals surface area contributed by atoms with Gasteiger partial charge in [-0.2, -0.15) is 0 Å². The number of nitrogens with one attached hydrogen (secondary N) is 1. The highest BCUT2D eigenvalue weighted by Crippen LogP contribution is 2.56. The van der Waals surface area contributed by atoms with Crippen molar-refractivity contribution < 1.29 is 4.79 Å². The maximum Gasteiger partial charge on any atom is 0.226 e. The molecule has 0 aromatic rings. The molecule has 4 atom stereocenters. The predicted molar refractivity (Wildman–Crippen MR) is 77.3 cm³/mol. The van der Waals surface area contributed by atoms with Gasteiger partial charge in [-0.15, -0.1) is 12.4 Å². The summed E-state index contributed by atoms with van der Waals surface area (Å²) in [6.45, 7) is 2.13. The Bertz CT molecular complexity index is 336. The largest absolute Gasteiger partial charge is 0.335 e. The Balaban J connectivity index is 0.00000110. The fourth-order valence-corrected chi connectivity index (χ4v) is 4.87. The van der Waals surface area contributed by atoms with Crippen LogP contribution in [0.3, 0.4) is 0 Å². The smallest absolute Gasteiger partial charge is 0.226 e. The van der Waals surface area contributed by atoms with Crippen LogP contribution >= 0.6 is 12.4 Å². The summed E-state index contributed by atoms with van der Waals surface area (Å²) < 4.78 is 0. The van der Waals surface area contributed by atoms with Gasteiger partial charge in [-0.3, -0.25) is 4.79 Å². The molecule has 108 valence electrons. The van der Waals surface area contributed by atoms with E-state index < -0.39 is 0 Å². The number of carbonyl (C=O) groups excluding carboxylic acids is 1. The van der Waals surface area contributed by atoms with Crippen LogP contribution in [-0.2, 0) is 4.79 Å². The molecule has 1 N–H and O–H groups in total. The maximum absolute atomic E-state index is 12.8. The Morgan fingerprint density at radius 1 is 0.947 bits per heavy atom. The Labute approximate surface area is 121 Å². The lowest BCUT2D eigenvalue weighted by Crippen LogP contribution is -2.43. The van der Waals surface area contributed by atoms with Gasteiger partial charge in [0.25, 0.3) is 0 Å². The van der Waals surface area contributed by atoms with Crippen LogP contribution in [0.5, 0.6) is 0 Å². The number of halogens is 1. The van der Waals surface area contributed by atoms with Gasteiger partial charge in [0.1, 0.15) is 0 Å². The number of hydrogen-bond acceptors (Lipinski definition) is 2. The summed E-state index contributed by atoms with van der Waals surface area (Å²) in [4.78, 5) is 15.1. The number of nitrogens with zero attached hydrogens (tertiary/aromatic N) is 1. The van der Waals surface area contributed by atoms with Crippen LogP contribution in [0.15, 0.2) is 0 Å². The fourth-order valence-electron chi connectivity index (χ4n) is 4.87. The lowest BCUT2D eigenvalue weighted by atomic mass is 10.0. The summed E-state index contributed by atoms with van der Waals surface area (Å²) in [6, 6.07) is 1.06. The predicted octanol–water partition coefficient (Wildman–Crippen LogP) is 2.20. The summed E-state index contributed by atoms with van der Waals surface area (Å²) in [6.07, 6.45) is 9.01. The van der Waals surface area contributed by atoms with Gasteiger partial charge in [-0.05, 0) is 50.5 Å². The zero-order valence-electron chi connectivity index (χ0n) is 11.5. The van der Waals surface area contributed by atoms with Crippen LogP contribution in [-0.4, -0.2) is 36.0 Å². The molecule has 2 aliphatic heterocycles. The molecule has 2 aliphatic carbocycles. The van der Waals surface area contributed by atoms with Crippen molar-refractivity contribution in [2.24, 2.45) is 17.8 Å². The molecule has 4 fully saturated rings. The molecule has 1 amide bonds. The van der Waals surface area contributed by atoms with E-state index in [1.807, 2.05) is 0 Å². The Kier molecular flexibility index (Phi) is 3.78. The van der Waals surface area contributed by atoms with Crippen molar-refractivity contribution in [1.82, 2.24) is 10.2 Å². The first-order valence-corrected chi connectivity index (χ1v) is 7.89. The first kappa shape index (κ1) is 13.7. The molecule has 4 aliphatic rings. The number of hydrogen-bond donors (Lipinski definition) is 1. The van der Waals surface area contributed by atoms with Gasteiger partial charge < -0.3 is 10.2 Å². The van der Waals surface area contributed by atoms with Crippen molar-refractivity contribution in [1.29, 1.82) is 0 Å². The van der Waals surface area contributed by atoms with E-state index in [2.05, 4.69) is 10.2 Å². The summed E-state index contributed by atoms with van der Waals surface area (Å²) in [7, 11) is 0. The standard InChI is InChI=1S/C15H24N2O.ClH/c18-15(14-12-3-1-2-4-13(12)14)17-10-5-6-11(17)9-16-8-7-10;/h10-14,16H,1-9H2;1H. The zero-order chi connectivity index (χ0) is 12.1. The van der Waals surface area contributed by atoms with Crippen molar-refractivity contribution in [3.8, 4) is 0 Å². The quantitative estimate of drug-likeness (QED) is 0.801. The highest BCUT2D eigenvalue weighted by Gasteiger charge is 2.57. The fraction of sp³-hybridized carbons (Fsp3) is 0.933. The third-order valence-electron chi connectivity index (χ3n) is 5.85. The summed E-state index contributed by atoms with van der Waals surface area (Å²) in [5.41, 5.74) is 0. The van der Waals surface area contributed by atoms with Crippen molar-refractivity contribution >= 4 is 18.3 Å². The molecule has 0 radical (unpaired) electrons. The third-order valence-corrected chi connectivity index (χ3v) is 5.85. The van der Waals surface area contributed by atoms with Crippen LogP contribution < -0.4 is 5.32 Å². The molecular weight excluding hydrogens is 260 g/mol. The van der Waals surface area contributed by atoms with Gasteiger partial charge in [-0.1, -0.05) is 12.8 Å². The highest BCUT2D eigenvalue weighted by atomic mass is 35.5. The molecule has 0 aromatic carbocycles. The number of amides is 1. The molecule has 19 heavy (non-hydrogen) atoms. The topological polar surface area (TPSA) is 32.3 Å². The second-order valence-corrected chi connectivity index (χ2v) is 6.76. The van der Waals surface area contributed by atoms with E-state index in [0.717, 1.165) is 24.9 Å². The van der Waals surface area contributed by atoms with Crippen LogP contribution in [0.25, 0.3) is 0 Å². The summed E-state index contributed by atoms with van der Waals surface area (Å²) >= 11 is 0. The first-order chi connectivity index (χ1) is 8.86. The van der Waals surface area contributed by atoms with E-state index in [1.165, 1.54) is 44.9 Å². The molecule has 3 nitrogen and oxygen atoms in total. The van der Waals surface area contributed by atoms with Crippen molar-refractivity contribution in [3.05, 3.63) is 0 Å². The average Bonchev–Trinajstić information content (AvgIpc) is 3.01. The van der Waals surface area contributed by atoms with Crippen molar-refractivity contribution in [2.75, 3.05) is 13.1 Å². The van der Waals surface area contributed by atoms with E-state index in [-0.39, 0.29) is 12.4 Å². The van der Waals surface area contributed by atoms with Crippen LogP contribution in [0.4, 0.5) is 0 Å². The minimum atomic E-state index is 0. The van der Waals surface area contributed by atoms with Gasteiger partial charge in [0.05, 0.1) is 0 Å². The van der Waals surface area contributed by atoms with Crippen LogP contribution in [0.1, 0.15) is 44.9 Å². The SMILES string of the molecule is Cl.O=C(C1C2CCCCC21)N1C2CCNCC1CC2. The molecule has 0 aromatic heterocycles. The molecule has 0 spiro atoms. The van der Waals surface area contributed by atoms with E-state index in [0.29, 0.717) is 23.9 Å². The molecule has 4 heteroatoms. The van der Waals surface area contributed by atoms with Gasteiger partial charge in [0.15, 0.2) is 0 Å². The normalized spacial score (nSPS) is 44.0.